The molecule has 3 heterocycles. The predicted octanol–water partition coefficient (Wildman–Crippen LogP) is 4.11. The maximum atomic E-state index is 13.2. The number of hydrogen-bond acceptors (Lipinski definition) is 3. The number of nitrogens with zero attached hydrogens (tertiary/aromatic N) is 4. The normalized spacial score (nSPS) is 19.7. The molecule has 2 aliphatic heterocycles. The van der Waals surface area contributed by atoms with Gasteiger partial charge in [0, 0.05) is 32.0 Å². The lowest BCUT2D eigenvalue weighted by Gasteiger charge is -2.32. The largest absolute Gasteiger partial charge is 0.342 e. The van der Waals surface area contributed by atoms with Gasteiger partial charge in [-0.25, -0.2) is 0 Å². The Balaban J connectivity index is 1.33. The van der Waals surface area contributed by atoms with E-state index in [-0.39, 0.29) is 5.91 Å². The fraction of sp³-hybridized carbons (Fsp3) is 0.458. The summed E-state index contributed by atoms with van der Waals surface area (Å²) in [5, 5.41) is 11.4. The minimum Gasteiger partial charge on any atom is -0.342 e. The van der Waals surface area contributed by atoms with Crippen molar-refractivity contribution in [1.29, 1.82) is 0 Å². The minimum absolute atomic E-state index is 0.224. The highest BCUT2D eigenvalue weighted by molar-refractivity contribution is 5.90. The van der Waals surface area contributed by atoms with Crippen LogP contribution in [0.4, 0.5) is 0 Å². The van der Waals surface area contributed by atoms with Crippen LogP contribution in [0.25, 0.3) is 10.8 Å². The topological polar surface area (TPSA) is 51.0 Å². The molecule has 5 nitrogen and oxygen atoms in total. The van der Waals surface area contributed by atoms with Crippen LogP contribution in [-0.2, 0) is 24.2 Å². The Hall–Kier alpha value is -2.69. The van der Waals surface area contributed by atoms with Gasteiger partial charge in [-0.1, -0.05) is 48.9 Å². The highest BCUT2D eigenvalue weighted by Gasteiger charge is 2.29. The molecule has 1 fully saturated rings. The van der Waals surface area contributed by atoms with Crippen molar-refractivity contribution in [3.8, 4) is 0 Å². The van der Waals surface area contributed by atoms with Crippen molar-refractivity contribution >= 4 is 16.7 Å². The van der Waals surface area contributed by atoms with Gasteiger partial charge in [-0.05, 0) is 42.0 Å². The van der Waals surface area contributed by atoms with Crippen LogP contribution in [0.15, 0.2) is 42.5 Å². The van der Waals surface area contributed by atoms with Crippen molar-refractivity contribution in [2.75, 3.05) is 13.1 Å². The number of carbonyl (C=O) groups is 1. The molecule has 150 valence electrons. The van der Waals surface area contributed by atoms with Crippen LogP contribution < -0.4 is 0 Å². The molecule has 1 atom stereocenters. The van der Waals surface area contributed by atoms with Gasteiger partial charge in [0.05, 0.1) is 6.42 Å². The van der Waals surface area contributed by atoms with Crippen LogP contribution in [-0.4, -0.2) is 38.7 Å². The molecule has 3 aromatic rings. The van der Waals surface area contributed by atoms with E-state index in [1.807, 2.05) is 17.0 Å². The molecule has 2 aliphatic rings. The highest BCUT2D eigenvalue weighted by Crippen LogP contribution is 2.29. The number of aryl methyl sites for hydroxylation is 1. The summed E-state index contributed by atoms with van der Waals surface area (Å²) in [6.07, 6.45) is 7.30. The number of amides is 1. The predicted molar refractivity (Wildman–Crippen MR) is 114 cm³/mol. The lowest BCUT2D eigenvalue weighted by molar-refractivity contribution is -0.131. The molecule has 0 radical (unpaired) electrons. The fourth-order valence-electron chi connectivity index (χ4n) is 4.95. The number of benzene rings is 2. The smallest absolute Gasteiger partial charge is 0.227 e. The van der Waals surface area contributed by atoms with E-state index in [1.165, 1.54) is 30.0 Å². The summed E-state index contributed by atoms with van der Waals surface area (Å²) in [5.41, 5.74) is 1.12. The van der Waals surface area contributed by atoms with E-state index >= 15 is 0 Å². The van der Waals surface area contributed by atoms with Gasteiger partial charge in [0.2, 0.25) is 5.91 Å². The van der Waals surface area contributed by atoms with E-state index in [9.17, 15) is 4.79 Å². The van der Waals surface area contributed by atoms with Gasteiger partial charge in [0.1, 0.15) is 11.6 Å². The Morgan fingerprint density at radius 1 is 0.966 bits per heavy atom. The Kier molecular flexibility index (Phi) is 5.04. The van der Waals surface area contributed by atoms with Gasteiger partial charge in [-0.2, -0.15) is 0 Å². The number of carbonyl (C=O) groups excluding carboxylic acids is 1. The summed E-state index contributed by atoms with van der Waals surface area (Å²) < 4.78 is 2.34. The molecular formula is C24H28N4O. The Labute approximate surface area is 171 Å². The third-order valence-electron chi connectivity index (χ3n) is 6.50. The minimum atomic E-state index is 0.224. The Morgan fingerprint density at radius 2 is 1.86 bits per heavy atom. The van der Waals surface area contributed by atoms with E-state index in [2.05, 4.69) is 45.1 Å². The molecule has 5 heteroatoms. The average molecular weight is 389 g/mol. The Morgan fingerprint density at radius 3 is 2.83 bits per heavy atom. The van der Waals surface area contributed by atoms with E-state index in [4.69, 9.17) is 0 Å². The van der Waals surface area contributed by atoms with Crippen molar-refractivity contribution in [3.63, 3.8) is 0 Å². The monoisotopic (exact) mass is 388 g/mol. The van der Waals surface area contributed by atoms with Crippen molar-refractivity contribution in [1.82, 2.24) is 19.7 Å². The maximum Gasteiger partial charge on any atom is 0.227 e. The summed E-state index contributed by atoms with van der Waals surface area (Å²) in [6.45, 7) is 2.64. The molecule has 0 N–H and O–H groups in total. The molecule has 1 aromatic heterocycles. The molecule has 0 saturated carbocycles. The molecule has 2 aromatic carbocycles. The number of rotatable bonds is 3. The third-order valence-corrected chi connectivity index (χ3v) is 6.50. The first-order valence-electron chi connectivity index (χ1n) is 11.0. The average Bonchev–Trinajstić information content (AvgIpc) is 3.02. The molecule has 1 unspecified atom stereocenters. The molecular weight excluding hydrogens is 360 g/mol. The quantitative estimate of drug-likeness (QED) is 0.679. The molecule has 0 aliphatic carbocycles. The summed E-state index contributed by atoms with van der Waals surface area (Å²) in [6, 6.07) is 14.6. The van der Waals surface area contributed by atoms with Crippen LogP contribution in [0.2, 0.25) is 0 Å². The van der Waals surface area contributed by atoms with Crippen LogP contribution in [0.5, 0.6) is 0 Å². The number of likely N-dealkylation sites (tertiary alicyclic amines) is 1. The SMILES string of the molecule is O=C(Cc1cccc2ccccc12)N1CCCC(c2nnc3n2CCCCC3)C1. The van der Waals surface area contributed by atoms with Gasteiger partial charge in [-0.15, -0.1) is 10.2 Å². The van der Waals surface area contributed by atoms with E-state index < -0.39 is 0 Å². The molecule has 1 amide bonds. The lowest BCUT2D eigenvalue weighted by Crippen LogP contribution is -2.40. The number of hydrogen-bond donors (Lipinski definition) is 0. The zero-order valence-corrected chi connectivity index (χ0v) is 16.9. The van der Waals surface area contributed by atoms with Gasteiger partial charge in [-0.3, -0.25) is 4.79 Å². The second-order valence-corrected chi connectivity index (χ2v) is 8.43. The zero-order chi connectivity index (χ0) is 19.6. The number of aromatic nitrogens is 3. The van der Waals surface area contributed by atoms with Crippen LogP contribution >= 0.6 is 0 Å². The number of piperidine rings is 1. The molecule has 5 rings (SSSR count). The summed E-state index contributed by atoms with van der Waals surface area (Å²) in [5.74, 6) is 2.77. The van der Waals surface area contributed by atoms with Crippen LogP contribution in [0.3, 0.4) is 0 Å². The third kappa shape index (κ3) is 3.66. The summed E-state index contributed by atoms with van der Waals surface area (Å²) in [7, 11) is 0. The van der Waals surface area contributed by atoms with E-state index in [1.54, 1.807) is 0 Å². The van der Waals surface area contributed by atoms with Gasteiger partial charge in [0.15, 0.2) is 0 Å². The molecule has 29 heavy (non-hydrogen) atoms. The first-order chi connectivity index (χ1) is 14.3. The van der Waals surface area contributed by atoms with Crippen LogP contribution in [0.1, 0.15) is 55.2 Å². The van der Waals surface area contributed by atoms with E-state index in [0.29, 0.717) is 12.3 Å². The van der Waals surface area contributed by atoms with Crippen molar-refractivity contribution in [2.45, 2.75) is 57.4 Å². The van der Waals surface area contributed by atoms with Gasteiger partial charge >= 0.3 is 0 Å². The molecule has 0 bridgehead atoms. The molecule has 1 saturated heterocycles. The first kappa shape index (κ1) is 18.3. The maximum absolute atomic E-state index is 13.2. The second kappa shape index (κ2) is 7.97. The second-order valence-electron chi connectivity index (χ2n) is 8.43. The first-order valence-corrected chi connectivity index (χ1v) is 11.0. The molecule has 0 spiro atoms. The van der Waals surface area contributed by atoms with Crippen molar-refractivity contribution in [3.05, 3.63) is 59.7 Å². The van der Waals surface area contributed by atoms with Crippen LogP contribution in [0, 0.1) is 0 Å². The van der Waals surface area contributed by atoms with Crippen molar-refractivity contribution < 1.29 is 4.79 Å². The highest BCUT2D eigenvalue weighted by atomic mass is 16.2. The lowest BCUT2D eigenvalue weighted by atomic mass is 9.95. The zero-order valence-electron chi connectivity index (χ0n) is 16.9. The van der Waals surface area contributed by atoms with Gasteiger partial charge < -0.3 is 9.47 Å². The standard InChI is InChI=1S/C24H28N4O/c29-23(16-19-10-6-9-18-8-3-4-12-21(18)19)27-14-7-11-20(17-27)24-26-25-22-13-2-1-5-15-28(22)24/h3-4,6,8-10,12,20H,1-2,5,7,11,13-17H2. The Bertz CT molecular complexity index is 1020. The summed E-state index contributed by atoms with van der Waals surface area (Å²) in [4.78, 5) is 15.2. The summed E-state index contributed by atoms with van der Waals surface area (Å²) >= 11 is 0. The van der Waals surface area contributed by atoms with Crippen molar-refractivity contribution in [2.24, 2.45) is 0 Å². The van der Waals surface area contributed by atoms with E-state index in [0.717, 1.165) is 56.1 Å². The fourth-order valence-corrected chi connectivity index (χ4v) is 4.95. The van der Waals surface area contributed by atoms with Gasteiger partial charge in [0.25, 0.3) is 0 Å². The number of fused-ring (bicyclic) bond motifs is 2.